The standard InChI is InChI=1S/C21H25N3O6/c1-20-6-4-12-19(27)30-15(11-5-7-29-10-11)9-21(12,2)17(20)16(25)14(23-24-22)8-13(20)18(26)28-3/h5,7,10,12-15,17H,4,6,8-9H2,1-3H3/t12?,13-,14+,15-,17?,20-,21?/m0/s1. The summed E-state index contributed by atoms with van der Waals surface area (Å²) in [5.74, 6) is -2.66. The fourth-order valence-corrected chi connectivity index (χ4v) is 6.34. The van der Waals surface area contributed by atoms with Gasteiger partial charge in [-0.25, -0.2) is 0 Å². The Morgan fingerprint density at radius 1 is 1.33 bits per heavy atom. The molecule has 3 unspecified atom stereocenters. The fraction of sp³-hybridized carbons (Fsp3) is 0.667. The lowest BCUT2D eigenvalue weighted by molar-refractivity contribution is -0.203. The van der Waals surface area contributed by atoms with Crippen molar-refractivity contribution in [2.24, 2.45) is 33.7 Å². The number of cyclic esters (lactones) is 1. The number of fused-ring (bicyclic) bond motifs is 3. The summed E-state index contributed by atoms with van der Waals surface area (Å²) in [6.45, 7) is 3.86. The van der Waals surface area contributed by atoms with Crippen LogP contribution < -0.4 is 0 Å². The van der Waals surface area contributed by atoms with Crippen molar-refractivity contribution in [3.63, 3.8) is 0 Å². The van der Waals surface area contributed by atoms with Crippen molar-refractivity contribution in [1.82, 2.24) is 0 Å². The van der Waals surface area contributed by atoms with E-state index in [1.165, 1.54) is 19.6 Å². The van der Waals surface area contributed by atoms with E-state index in [0.717, 1.165) is 5.56 Å². The summed E-state index contributed by atoms with van der Waals surface area (Å²) in [6.07, 6.45) is 4.09. The van der Waals surface area contributed by atoms with Crippen molar-refractivity contribution in [1.29, 1.82) is 0 Å². The number of carbonyl (C=O) groups is 3. The number of Topliss-reactive ketones (excluding diaryl/α,β-unsaturated/α-hetero) is 1. The molecule has 0 aromatic carbocycles. The van der Waals surface area contributed by atoms with Gasteiger partial charge in [0.2, 0.25) is 0 Å². The van der Waals surface area contributed by atoms with E-state index in [2.05, 4.69) is 10.0 Å². The minimum Gasteiger partial charge on any atom is -0.472 e. The molecule has 160 valence electrons. The molecule has 7 atom stereocenters. The van der Waals surface area contributed by atoms with Crippen LogP contribution in [-0.4, -0.2) is 30.9 Å². The molecule has 9 heteroatoms. The molecule has 0 spiro atoms. The van der Waals surface area contributed by atoms with Gasteiger partial charge in [0.1, 0.15) is 11.9 Å². The molecule has 2 aliphatic carbocycles. The minimum atomic E-state index is -0.960. The van der Waals surface area contributed by atoms with E-state index in [9.17, 15) is 14.4 Å². The number of ether oxygens (including phenoxy) is 2. The van der Waals surface area contributed by atoms with Gasteiger partial charge >= 0.3 is 11.9 Å². The first-order chi connectivity index (χ1) is 14.3. The van der Waals surface area contributed by atoms with Crippen LogP contribution in [0.4, 0.5) is 0 Å². The van der Waals surface area contributed by atoms with Gasteiger partial charge in [-0.3, -0.25) is 14.4 Å². The third kappa shape index (κ3) is 2.83. The van der Waals surface area contributed by atoms with Gasteiger partial charge in [0, 0.05) is 16.4 Å². The molecule has 1 aromatic rings. The lowest BCUT2D eigenvalue weighted by Gasteiger charge is -2.61. The molecular weight excluding hydrogens is 390 g/mol. The van der Waals surface area contributed by atoms with Gasteiger partial charge in [-0.2, -0.15) is 0 Å². The van der Waals surface area contributed by atoms with E-state index in [4.69, 9.17) is 19.4 Å². The molecule has 3 fully saturated rings. The van der Waals surface area contributed by atoms with Crippen LogP contribution in [0, 0.1) is 28.6 Å². The second-order valence-electron chi connectivity index (χ2n) is 9.16. The lowest BCUT2D eigenvalue weighted by atomic mass is 9.43. The summed E-state index contributed by atoms with van der Waals surface area (Å²) in [5.41, 5.74) is 8.27. The summed E-state index contributed by atoms with van der Waals surface area (Å²) < 4.78 is 15.9. The van der Waals surface area contributed by atoms with E-state index in [1.807, 2.05) is 13.8 Å². The van der Waals surface area contributed by atoms with Gasteiger partial charge < -0.3 is 13.9 Å². The maximum Gasteiger partial charge on any atom is 0.310 e. The highest BCUT2D eigenvalue weighted by Gasteiger charge is 2.67. The van der Waals surface area contributed by atoms with Crippen LogP contribution in [0.25, 0.3) is 10.4 Å². The Balaban J connectivity index is 1.82. The number of rotatable bonds is 3. The number of furan rings is 1. The number of nitrogens with zero attached hydrogens (tertiary/aromatic N) is 3. The molecule has 30 heavy (non-hydrogen) atoms. The molecule has 0 N–H and O–H groups in total. The molecule has 2 heterocycles. The van der Waals surface area contributed by atoms with Crippen LogP contribution >= 0.6 is 0 Å². The number of azide groups is 1. The van der Waals surface area contributed by atoms with Crippen molar-refractivity contribution in [2.45, 2.75) is 51.7 Å². The number of esters is 2. The van der Waals surface area contributed by atoms with E-state index >= 15 is 0 Å². The molecule has 2 saturated carbocycles. The van der Waals surface area contributed by atoms with E-state index in [1.54, 1.807) is 6.07 Å². The summed E-state index contributed by atoms with van der Waals surface area (Å²) in [4.78, 5) is 42.1. The number of hydrogen-bond acceptors (Lipinski definition) is 7. The second kappa shape index (κ2) is 7.16. The third-order valence-electron chi connectivity index (χ3n) is 7.71. The van der Waals surface area contributed by atoms with Gasteiger partial charge in [-0.15, -0.1) is 0 Å². The predicted molar refractivity (Wildman–Crippen MR) is 103 cm³/mol. The molecule has 4 rings (SSSR count). The predicted octanol–water partition coefficient (Wildman–Crippen LogP) is 3.75. The summed E-state index contributed by atoms with van der Waals surface area (Å²) in [6, 6.07) is 0.782. The number of carbonyl (C=O) groups excluding carboxylic acids is 3. The van der Waals surface area contributed by atoms with Crippen LogP contribution in [0.15, 0.2) is 28.1 Å². The van der Waals surface area contributed by atoms with E-state index in [-0.39, 0.29) is 18.2 Å². The van der Waals surface area contributed by atoms with E-state index in [0.29, 0.717) is 19.3 Å². The molecule has 1 aliphatic heterocycles. The molecule has 0 amide bonds. The maximum absolute atomic E-state index is 13.6. The highest BCUT2D eigenvalue weighted by Crippen LogP contribution is 2.65. The molecule has 3 aliphatic rings. The zero-order valence-electron chi connectivity index (χ0n) is 17.2. The molecule has 0 radical (unpaired) electrons. The molecule has 1 aromatic heterocycles. The van der Waals surface area contributed by atoms with Crippen LogP contribution in [0.5, 0.6) is 0 Å². The quantitative estimate of drug-likeness (QED) is 0.320. The van der Waals surface area contributed by atoms with Crippen LogP contribution in [0.1, 0.15) is 51.2 Å². The fourth-order valence-electron chi connectivity index (χ4n) is 6.34. The number of ketones is 1. The van der Waals surface area contributed by atoms with Crippen LogP contribution in [-0.2, 0) is 23.9 Å². The molecule has 9 nitrogen and oxygen atoms in total. The van der Waals surface area contributed by atoms with E-state index < -0.39 is 46.7 Å². The molecule has 1 saturated heterocycles. The highest BCUT2D eigenvalue weighted by atomic mass is 16.5. The SMILES string of the molecule is COC(=O)[C@@H]1C[C@@H](N=[N+]=[N-])C(=O)C2C3(C)C[C@@H](c4ccoc4)OC(=O)C3CC[C@]21C. The summed E-state index contributed by atoms with van der Waals surface area (Å²) in [7, 11) is 1.32. The van der Waals surface area contributed by atoms with Gasteiger partial charge in [0.05, 0.1) is 37.5 Å². The van der Waals surface area contributed by atoms with Gasteiger partial charge in [-0.05, 0) is 48.1 Å². The lowest BCUT2D eigenvalue weighted by Crippen LogP contribution is -2.64. The monoisotopic (exact) mass is 415 g/mol. The molecular formula is C21H25N3O6. The van der Waals surface area contributed by atoms with Crippen LogP contribution in [0.3, 0.4) is 0 Å². The third-order valence-corrected chi connectivity index (χ3v) is 7.71. The zero-order chi connectivity index (χ0) is 21.7. The second-order valence-corrected chi connectivity index (χ2v) is 9.16. The maximum atomic E-state index is 13.6. The Labute approximate surface area is 173 Å². The first kappa shape index (κ1) is 20.5. The Hall–Kier alpha value is -2.80. The smallest absolute Gasteiger partial charge is 0.310 e. The normalized spacial score (nSPS) is 40.4. The average Bonchev–Trinajstić information content (AvgIpc) is 3.23. The average molecular weight is 415 g/mol. The zero-order valence-corrected chi connectivity index (χ0v) is 17.2. The first-order valence-corrected chi connectivity index (χ1v) is 10.1. The number of hydrogen-bond donors (Lipinski definition) is 0. The van der Waals surface area contributed by atoms with Crippen molar-refractivity contribution >= 4 is 17.7 Å². The van der Waals surface area contributed by atoms with Gasteiger partial charge in [-0.1, -0.05) is 19.0 Å². The largest absolute Gasteiger partial charge is 0.472 e. The van der Waals surface area contributed by atoms with Crippen LogP contribution in [0.2, 0.25) is 0 Å². The highest BCUT2D eigenvalue weighted by molar-refractivity contribution is 5.92. The number of methoxy groups -OCH3 is 1. The van der Waals surface area contributed by atoms with Crippen molar-refractivity contribution in [3.8, 4) is 0 Å². The summed E-state index contributed by atoms with van der Waals surface area (Å²) >= 11 is 0. The summed E-state index contributed by atoms with van der Waals surface area (Å²) in [5, 5.41) is 3.70. The first-order valence-electron chi connectivity index (χ1n) is 10.1. The molecule has 0 bridgehead atoms. The Kier molecular flexibility index (Phi) is 4.89. The van der Waals surface area contributed by atoms with Crippen molar-refractivity contribution < 1.29 is 28.3 Å². The Morgan fingerprint density at radius 3 is 2.73 bits per heavy atom. The minimum absolute atomic E-state index is 0.124. The van der Waals surface area contributed by atoms with Gasteiger partial charge in [0.15, 0.2) is 0 Å². The van der Waals surface area contributed by atoms with Crippen molar-refractivity contribution in [2.75, 3.05) is 7.11 Å². The Bertz CT molecular complexity index is 923. The van der Waals surface area contributed by atoms with Crippen molar-refractivity contribution in [3.05, 3.63) is 34.6 Å². The van der Waals surface area contributed by atoms with Gasteiger partial charge in [0.25, 0.3) is 0 Å². The topological polar surface area (TPSA) is 132 Å². The Morgan fingerprint density at radius 2 is 2.10 bits per heavy atom.